The predicted octanol–water partition coefficient (Wildman–Crippen LogP) is 2.14. The number of carboxylic acid groups (broad SMARTS) is 1. The molecule has 0 heterocycles. The van der Waals surface area contributed by atoms with Crippen molar-refractivity contribution in [3.05, 3.63) is 11.1 Å². The SMILES string of the molecule is CCCOC(=O)C1=C(C(=O)O)CCC(C)C1. The minimum Gasteiger partial charge on any atom is -0.478 e. The summed E-state index contributed by atoms with van der Waals surface area (Å²) in [5.74, 6) is -1.09. The van der Waals surface area contributed by atoms with Crippen LogP contribution in [0.25, 0.3) is 0 Å². The highest BCUT2D eigenvalue weighted by molar-refractivity contribution is 5.99. The van der Waals surface area contributed by atoms with E-state index >= 15 is 0 Å². The fraction of sp³-hybridized carbons (Fsp3) is 0.667. The van der Waals surface area contributed by atoms with Gasteiger partial charge in [-0.3, -0.25) is 0 Å². The number of rotatable bonds is 4. The molecule has 4 nitrogen and oxygen atoms in total. The topological polar surface area (TPSA) is 63.6 Å². The maximum atomic E-state index is 11.7. The summed E-state index contributed by atoms with van der Waals surface area (Å²) in [6.45, 7) is 4.28. The zero-order valence-electron chi connectivity index (χ0n) is 9.78. The van der Waals surface area contributed by atoms with Crippen LogP contribution in [0.2, 0.25) is 0 Å². The Morgan fingerprint density at radius 1 is 1.44 bits per heavy atom. The molecule has 0 amide bonds. The Hall–Kier alpha value is -1.32. The first kappa shape index (κ1) is 12.7. The third-order valence-electron chi connectivity index (χ3n) is 2.75. The molecular formula is C12H18O4. The third kappa shape index (κ3) is 3.08. The van der Waals surface area contributed by atoms with Crippen molar-refractivity contribution in [3.8, 4) is 0 Å². The Morgan fingerprint density at radius 3 is 2.69 bits per heavy atom. The van der Waals surface area contributed by atoms with E-state index in [2.05, 4.69) is 0 Å². The van der Waals surface area contributed by atoms with Crippen LogP contribution >= 0.6 is 0 Å². The fourth-order valence-corrected chi connectivity index (χ4v) is 1.84. The number of aliphatic carboxylic acids is 1. The molecule has 0 saturated heterocycles. The summed E-state index contributed by atoms with van der Waals surface area (Å²) in [4.78, 5) is 22.7. The van der Waals surface area contributed by atoms with Crippen LogP contribution < -0.4 is 0 Å². The summed E-state index contributed by atoms with van der Waals surface area (Å²) in [6, 6.07) is 0. The molecule has 90 valence electrons. The first-order valence-electron chi connectivity index (χ1n) is 5.68. The highest BCUT2D eigenvalue weighted by atomic mass is 16.5. The minimum atomic E-state index is -0.990. The van der Waals surface area contributed by atoms with E-state index in [0.717, 1.165) is 12.8 Å². The summed E-state index contributed by atoms with van der Waals surface area (Å²) in [5, 5.41) is 9.00. The van der Waals surface area contributed by atoms with Gasteiger partial charge >= 0.3 is 11.9 Å². The number of carboxylic acids is 1. The molecule has 0 aromatic heterocycles. The van der Waals surface area contributed by atoms with E-state index in [9.17, 15) is 9.59 Å². The zero-order valence-corrected chi connectivity index (χ0v) is 9.78. The van der Waals surface area contributed by atoms with Crippen molar-refractivity contribution in [2.75, 3.05) is 6.61 Å². The van der Waals surface area contributed by atoms with E-state index in [1.165, 1.54) is 0 Å². The van der Waals surface area contributed by atoms with Gasteiger partial charge in [-0.2, -0.15) is 0 Å². The van der Waals surface area contributed by atoms with Gasteiger partial charge in [-0.25, -0.2) is 9.59 Å². The second-order valence-electron chi connectivity index (χ2n) is 4.25. The van der Waals surface area contributed by atoms with Gasteiger partial charge in [-0.15, -0.1) is 0 Å². The smallest absolute Gasteiger partial charge is 0.334 e. The van der Waals surface area contributed by atoms with Crippen LogP contribution in [0.15, 0.2) is 11.1 Å². The minimum absolute atomic E-state index is 0.235. The molecule has 0 aliphatic heterocycles. The summed E-state index contributed by atoms with van der Waals surface area (Å²) < 4.78 is 5.00. The predicted molar refractivity (Wildman–Crippen MR) is 58.9 cm³/mol. The summed E-state index contributed by atoms with van der Waals surface area (Å²) in [5.41, 5.74) is 0.596. The van der Waals surface area contributed by atoms with Gasteiger partial charge in [0.05, 0.1) is 6.61 Å². The molecular weight excluding hydrogens is 208 g/mol. The molecule has 1 aliphatic carbocycles. The lowest BCUT2D eigenvalue weighted by molar-refractivity contribution is -0.141. The average Bonchev–Trinajstić information content (AvgIpc) is 2.25. The van der Waals surface area contributed by atoms with E-state index in [1.54, 1.807) is 0 Å². The normalized spacial score (nSPS) is 20.8. The maximum absolute atomic E-state index is 11.7. The second kappa shape index (κ2) is 5.68. The van der Waals surface area contributed by atoms with Crippen molar-refractivity contribution in [2.24, 2.45) is 5.92 Å². The molecule has 1 N–H and O–H groups in total. The van der Waals surface area contributed by atoms with Crippen LogP contribution in [0, 0.1) is 5.92 Å². The van der Waals surface area contributed by atoms with Crippen molar-refractivity contribution >= 4 is 11.9 Å². The first-order valence-corrected chi connectivity index (χ1v) is 5.68. The third-order valence-corrected chi connectivity index (χ3v) is 2.75. The van der Waals surface area contributed by atoms with Crippen molar-refractivity contribution in [1.29, 1.82) is 0 Å². The number of carbonyl (C=O) groups is 2. The van der Waals surface area contributed by atoms with Crippen molar-refractivity contribution in [2.45, 2.75) is 39.5 Å². The van der Waals surface area contributed by atoms with Gasteiger partial charge < -0.3 is 9.84 Å². The first-order chi connectivity index (χ1) is 7.56. The van der Waals surface area contributed by atoms with E-state index in [-0.39, 0.29) is 5.57 Å². The second-order valence-corrected chi connectivity index (χ2v) is 4.25. The zero-order chi connectivity index (χ0) is 12.1. The number of hydrogen-bond donors (Lipinski definition) is 1. The molecule has 0 spiro atoms. The maximum Gasteiger partial charge on any atom is 0.334 e. The molecule has 0 bridgehead atoms. The van der Waals surface area contributed by atoms with E-state index < -0.39 is 11.9 Å². The van der Waals surface area contributed by atoms with Crippen LogP contribution in [0.5, 0.6) is 0 Å². The molecule has 0 saturated carbocycles. The van der Waals surface area contributed by atoms with Crippen molar-refractivity contribution < 1.29 is 19.4 Å². The fourth-order valence-electron chi connectivity index (χ4n) is 1.84. The molecule has 0 aromatic rings. The standard InChI is InChI=1S/C12H18O4/c1-3-6-16-12(15)10-7-8(2)4-5-9(10)11(13)14/h8H,3-7H2,1-2H3,(H,13,14). The highest BCUT2D eigenvalue weighted by Crippen LogP contribution is 2.30. The molecule has 0 aromatic carbocycles. The van der Waals surface area contributed by atoms with Gasteiger partial charge in [0.2, 0.25) is 0 Å². The number of esters is 1. The number of hydrogen-bond acceptors (Lipinski definition) is 3. The van der Waals surface area contributed by atoms with Gasteiger partial charge in [0.15, 0.2) is 0 Å². The quantitative estimate of drug-likeness (QED) is 0.746. The Balaban J connectivity index is 2.84. The molecule has 0 radical (unpaired) electrons. The van der Waals surface area contributed by atoms with Gasteiger partial charge in [-0.1, -0.05) is 13.8 Å². The van der Waals surface area contributed by atoms with E-state index in [4.69, 9.17) is 9.84 Å². The summed E-state index contributed by atoms with van der Waals surface area (Å²) >= 11 is 0. The van der Waals surface area contributed by atoms with E-state index in [1.807, 2.05) is 13.8 Å². The molecule has 1 rings (SSSR count). The Kier molecular flexibility index (Phi) is 4.52. The van der Waals surface area contributed by atoms with E-state index in [0.29, 0.717) is 30.9 Å². The molecule has 0 fully saturated rings. The molecule has 1 aliphatic rings. The highest BCUT2D eigenvalue weighted by Gasteiger charge is 2.27. The lowest BCUT2D eigenvalue weighted by atomic mass is 9.85. The number of carbonyl (C=O) groups excluding carboxylic acids is 1. The number of ether oxygens (including phenoxy) is 1. The summed E-state index contributed by atoms with van der Waals surface area (Å²) in [6.07, 6.45) is 2.56. The van der Waals surface area contributed by atoms with Crippen LogP contribution in [-0.2, 0) is 14.3 Å². The van der Waals surface area contributed by atoms with Crippen molar-refractivity contribution in [1.82, 2.24) is 0 Å². The van der Waals surface area contributed by atoms with Gasteiger partial charge in [-0.05, 0) is 31.6 Å². The summed E-state index contributed by atoms with van der Waals surface area (Å²) in [7, 11) is 0. The molecule has 1 atom stereocenters. The van der Waals surface area contributed by atoms with Crippen LogP contribution in [-0.4, -0.2) is 23.7 Å². The Labute approximate surface area is 95.3 Å². The van der Waals surface area contributed by atoms with Gasteiger partial charge in [0, 0.05) is 11.1 Å². The average molecular weight is 226 g/mol. The molecule has 1 unspecified atom stereocenters. The molecule has 16 heavy (non-hydrogen) atoms. The van der Waals surface area contributed by atoms with Crippen molar-refractivity contribution in [3.63, 3.8) is 0 Å². The van der Waals surface area contributed by atoms with Crippen LogP contribution in [0.3, 0.4) is 0 Å². The lowest BCUT2D eigenvalue weighted by Crippen LogP contribution is -2.21. The Bertz CT molecular complexity index is 317. The van der Waals surface area contributed by atoms with Gasteiger partial charge in [0.25, 0.3) is 0 Å². The van der Waals surface area contributed by atoms with Crippen LogP contribution in [0.1, 0.15) is 39.5 Å². The largest absolute Gasteiger partial charge is 0.478 e. The monoisotopic (exact) mass is 226 g/mol. The van der Waals surface area contributed by atoms with Crippen LogP contribution in [0.4, 0.5) is 0 Å². The Morgan fingerprint density at radius 2 is 2.12 bits per heavy atom. The molecule has 4 heteroatoms. The lowest BCUT2D eigenvalue weighted by Gasteiger charge is -2.21. The van der Waals surface area contributed by atoms with Gasteiger partial charge in [0.1, 0.15) is 0 Å².